The minimum atomic E-state index is -0.670. The van der Waals surface area contributed by atoms with Gasteiger partial charge in [-0.3, -0.25) is 9.59 Å². The van der Waals surface area contributed by atoms with Gasteiger partial charge in [0.15, 0.2) is 6.61 Å². The second-order valence-electron chi connectivity index (χ2n) is 7.81. The van der Waals surface area contributed by atoms with Crippen LogP contribution >= 0.6 is 11.3 Å². The Morgan fingerprint density at radius 1 is 1.12 bits per heavy atom. The molecule has 1 N–H and O–H groups in total. The van der Waals surface area contributed by atoms with Gasteiger partial charge in [-0.1, -0.05) is 17.7 Å². The number of esters is 1. The van der Waals surface area contributed by atoms with Crippen molar-refractivity contribution in [1.29, 1.82) is 0 Å². The number of hydrogen-bond donors (Lipinski definition) is 1. The van der Waals surface area contributed by atoms with Gasteiger partial charge in [0.05, 0.1) is 34.5 Å². The van der Waals surface area contributed by atoms with Gasteiger partial charge in [-0.15, -0.1) is 11.3 Å². The second kappa shape index (κ2) is 8.62. The van der Waals surface area contributed by atoms with E-state index in [0.29, 0.717) is 27.2 Å². The Morgan fingerprint density at radius 3 is 2.52 bits per heavy atom. The van der Waals surface area contributed by atoms with Gasteiger partial charge in [-0.25, -0.2) is 14.5 Å². The van der Waals surface area contributed by atoms with Crippen molar-refractivity contribution in [2.45, 2.75) is 27.7 Å². The molecule has 3 aromatic heterocycles. The van der Waals surface area contributed by atoms with Gasteiger partial charge in [-0.05, 0) is 45.4 Å². The highest BCUT2D eigenvalue weighted by Gasteiger charge is 2.22. The summed E-state index contributed by atoms with van der Waals surface area (Å²) in [6.07, 6.45) is 1.41. The van der Waals surface area contributed by atoms with E-state index in [4.69, 9.17) is 4.74 Å². The van der Waals surface area contributed by atoms with E-state index in [-0.39, 0.29) is 10.4 Å². The van der Waals surface area contributed by atoms with E-state index in [0.717, 1.165) is 28.3 Å². The Bertz CT molecular complexity index is 1450. The average Bonchev–Trinajstić information content (AvgIpc) is 3.27. The minimum Gasteiger partial charge on any atom is -0.451 e. The molecular formula is C23H23N5O4S. The third-order valence-electron chi connectivity index (χ3n) is 5.36. The van der Waals surface area contributed by atoms with Gasteiger partial charge >= 0.3 is 5.97 Å². The zero-order valence-electron chi connectivity index (χ0n) is 18.9. The van der Waals surface area contributed by atoms with Crippen molar-refractivity contribution >= 4 is 39.1 Å². The molecule has 0 aliphatic heterocycles. The quantitative estimate of drug-likeness (QED) is 0.454. The van der Waals surface area contributed by atoms with Crippen LogP contribution in [0.25, 0.3) is 15.9 Å². The molecule has 0 fully saturated rings. The molecule has 4 aromatic rings. The van der Waals surface area contributed by atoms with Crippen LogP contribution in [0.5, 0.6) is 0 Å². The van der Waals surface area contributed by atoms with Crippen LogP contribution in [0.1, 0.15) is 32.2 Å². The van der Waals surface area contributed by atoms with E-state index in [1.807, 2.05) is 38.1 Å². The van der Waals surface area contributed by atoms with Crippen molar-refractivity contribution in [3.63, 3.8) is 0 Å². The number of hydrogen-bond acceptors (Lipinski definition) is 7. The Balaban J connectivity index is 1.47. The summed E-state index contributed by atoms with van der Waals surface area (Å²) in [5, 5.41) is 7.68. The molecule has 0 aliphatic rings. The highest BCUT2D eigenvalue weighted by molar-refractivity contribution is 7.20. The number of benzene rings is 1. The number of nitrogens with one attached hydrogen (secondary N) is 1. The number of ether oxygens (including phenoxy) is 1. The first-order chi connectivity index (χ1) is 15.7. The van der Waals surface area contributed by atoms with Gasteiger partial charge in [0.25, 0.3) is 11.5 Å². The fourth-order valence-corrected chi connectivity index (χ4v) is 4.57. The van der Waals surface area contributed by atoms with Gasteiger partial charge in [-0.2, -0.15) is 5.10 Å². The lowest BCUT2D eigenvalue weighted by atomic mass is 10.2. The smallest absolute Gasteiger partial charge is 0.349 e. The molecule has 10 heteroatoms. The Labute approximate surface area is 193 Å². The predicted molar refractivity (Wildman–Crippen MR) is 126 cm³/mol. The van der Waals surface area contributed by atoms with Gasteiger partial charge < -0.3 is 14.6 Å². The number of aromatic nitrogens is 4. The van der Waals surface area contributed by atoms with Gasteiger partial charge in [0.2, 0.25) is 0 Å². The Kier molecular flexibility index (Phi) is 5.86. The van der Waals surface area contributed by atoms with Crippen molar-refractivity contribution in [3.8, 4) is 5.69 Å². The van der Waals surface area contributed by atoms with Crippen LogP contribution in [0.2, 0.25) is 0 Å². The van der Waals surface area contributed by atoms with E-state index >= 15 is 0 Å². The molecule has 1 amide bonds. The molecule has 0 atom stereocenters. The third kappa shape index (κ3) is 4.17. The molecule has 170 valence electrons. The largest absolute Gasteiger partial charge is 0.451 e. The fraction of sp³-hybridized carbons (Fsp3) is 0.261. The van der Waals surface area contributed by atoms with E-state index in [1.54, 1.807) is 25.6 Å². The SMILES string of the molecule is Cc1ccc(-n2nc(C)c(NC(=O)COC(=O)c3sc4ncn(C)c(=O)c4c3C)c2C)cc1. The molecule has 33 heavy (non-hydrogen) atoms. The second-order valence-corrected chi connectivity index (χ2v) is 8.81. The lowest BCUT2D eigenvalue weighted by Gasteiger charge is -2.08. The molecule has 0 radical (unpaired) electrons. The minimum absolute atomic E-state index is 0.234. The lowest BCUT2D eigenvalue weighted by Crippen LogP contribution is -2.21. The first kappa shape index (κ1) is 22.4. The predicted octanol–water partition coefficient (Wildman–Crippen LogP) is 3.21. The average molecular weight is 466 g/mol. The van der Waals surface area contributed by atoms with Crippen molar-refractivity contribution < 1.29 is 14.3 Å². The Morgan fingerprint density at radius 2 is 1.82 bits per heavy atom. The number of nitrogens with zero attached hydrogens (tertiary/aromatic N) is 4. The van der Waals surface area contributed by atoms with Crippen molar-refractivity contribution in [3.05, 3.63) is 68.3 Å². The highest BCUT2D eigenvalue weighted by Crippen LogP contribution is 2.27. The van der Waals surface area contributed by atoms with Crippen LogP contribution in [-0.4, -0.2) is 37.8 Å². The van der Waals surface area contributed by atoms with E-state index in [1.165, 1.54) is 10.9 Å². The number of rotatable bonds is 5. The number of amides is 1. The third-order valence-corrected chi connectivity index (χ3v) is 6.54. The first-order valence-corrected chi connectivity index (χ1v) is 11.0. The summed E-state index contributed by atoms with van der Waals surface area (Å²) in [5.41, 5.74) is 4.27. The normalized spacial score (nSPS) is 11.1. The fourth-order valence-electron chi connectivity index (χ4n) is 3.54. The van der Waals surface area contributed by atoms with Crippen LogP contribution in [0.4, 0.5) is 5.69 Å². The van der Waals surface area contributed by atoms with E-state index in [9.17, 15) is 14.4 Å². The lowest BCUT2D eigenvalue weighted by molar-refractivity contribution is -0.119. The van der Waals surface area contributed by atoms with Crippen LogP contribution in [-0.2, 0) is 16.6 Å². The van der Waals surface area contributed by atoms with Crippen molar-refractivity contribution in [2.75, 3.05) is 11.9 Å². The summed E-state index contributed by atoms with van der Waals surface area (Å²) in [7, 11) is 1.60. The molecule has 1 aromatic carbocycles. The molecule has 9 nitrogen and oxygen atoms in total. The summed E-state index contributed by atoms with van der Waals surface area (Å²) in [6, 6.07) is 7.89. The molecule has 0 spiro atoms. The molecule has 0 unspecified atom stereocenters. The van der Waals surface area contributed by atoms with E-state index < -0.39 is 18.5 Å². The number of aryl methyl sites for hydroxylation is 4. The topological polar surface area (TPSA) is 108 Å². The number of thiophene rings is 1. The molecule has 4 rings (SSSR count). The van der Waals surface area contributed by atoms with Gasteiger partial charge in [0.1, 0.15) is 9.71 Å². The standard InChI is InChI=1S/C23H23N5O4S/c1-12-6-8-16(9-7-12)28-15(4)19(14(3)26-28)25-17(29)10-32-23(31)20-13(2)18-21(33-20)24-11-27(5)22(18)30/h6-9,11H,10H2,1-5H3,(H,25,29). The molecule has 0 saturated carbocycles. The maximum absolute atomic E-state index is 12.6. The monoisotopic (exact) mass is 465 g/mol. The number of fused-ring (bicyclic) bond motifs is 1. The molecule has 0 aliphatic carbocycles. The number of carbonyl (C=O) groups excluding carboxylic acids is 2. The van der Waals surface area contributed by atoms with Crippen LogP contribution < -0.4 is 10.9 Å². The zero-order chi connectivity index (χ0) is 23.9. The van der Waals surface area contributed by atoms with Crippen molar-refractivity contribution in [2.24, 2.45) is 7.05 Å². The summed E-state index contributed by atoms with van der Waals surface area (Å²) in [6.45, 7) is 6.87. The maximum Gasteiger partial charge on any atom is 0.349 e. The summed E-state index contributed by atoms with van der Waals surface area (Å²) < 4.78 is 8.33. The molecule has 3 heterocycles. The van der Waals surface area contributed by atoms with Crippen LogP contribution in [0.3, 0.4) is 0 Å². The van der Waals surface area contributed by atoms with Crippen molar-refractivity contribution in [1.82, 2.24) is 19.3 Å². The molecular weight excluding hydrogens is 442 g/mol. The van der Waals surface area contributed by atoms with E-state index in [2.05, 4.69) is 15.4 Å². The maximum atomic E-state index is 12.6. The highest BCUT2D eigenvalue weighted by atomic mass is 32.1. The summed E-state index contributed by atoms with van der Waals surface area (Å²) in [4.78, 5) is 42.4. The van der Waals surface area contributed by atoms with Crippen LogP contribution in [0.15, 0.2) is 35.4 Å². The zero-order valence-corrected chi connectivity index (χ0v) is 19.7. The summed E-state index contributed by atoms with van der Waals surface area (Å²) in [5.74, 6) is -1.15. The van der Waals surface area contributed by atoms with Crippen LogP contribution in [0, 0.1) is 27.7 Å². The summed E-state index contributed by atoms with van der Waals surface area (Å²) >= 11 is 1.07. The number of carbonyl (C=O) groups is 2. The van der Waals surface area contributed by atoms with Gasteiger partial charge in [0, 0.05) is 7.05 Å². The Hall–Kier alpha value is -3.79. The number of anilines is 1. The molecule has 0 saturated heterocycles. The first-order valence-electron chi connectivity index (χ1n) is 10.2. The molecule has 0 bridgehead atoms.